The predicted octanol–water partition coefficient (Wildman–Crippen LogP) is 4.64. The van der Waals surface area contributed by atoms with Gasteiger partial charge in [0, 0.05) is 51.3 Å². The number of piperidine rings is 1. The third kappa shape index (κ3) is 7.19. The Morgan fingerprint density at radius 3 is 2.85 bits per heavy atom. The quantitative estimate of drug-likeness (QED) is 0.251. The maximum atomic E-state index is 11.8. The summed E-state index contributed by atoms with van der Waals surface area (Å²) in [6, 6.07) is 20.5. The summed E-state index contributed by atoms with van der Waals surface area (Å²) < 4.78 is 23.1. The van der Waals surface area contributed by atoms with Gasteiger partial charge in [-0.2, -0.15) is 10.2 Å². The summed E-state index contributed by atoms with van der Waals surface area (Å²) in [4.78, 5) is 18.3. The van der Waals surface area contributed by atoms with Crippen LogP contribution in [0.15, 0.2) is 65.8 Å². The number of nitroso groups, excluding NO2 is 1. The number of nitriles is 1. The number of nitrogens with one attached hydrogen (secondary N) is 1. The molecule has 0 aliphatic carbocycles. The number of hydrogen-bond donors (Lipinski definition) is 1. The topological polar surface area (TPSA) is 118 Å². The first-order valence-electron chi connectivity index (χ1n) is 13.9. The molecule has 0 saturated carbocycles. The van der Waals surface area contributed by atoms with E-state index in [0.717, 1.165) is 55.2 Å². The normalized spacial score (nSPS) is 20.0. The molecular weight excluding hydrogens is 522 g/mol. The van der Waals surface area contributed by atoms with Gasteiger partial charge in [-0.25, -0.2) is 4.98 Å². The maximum Gasteiger partial charge on any atom is 0.220 e. The van der Waals surface area contributed by atoms with Gasteiger partial charge in [-0.05, 0) is 47.9 Å². The molecule has 10 heteroatoms. The fourth-order valence-electron chi connectivity index (χ4n) is 5.53. The van der Waals surface area contributed by atoms with E-state index in [1.807, 2.05) is 42.5 Å². The number of aromatic nitrogens is 1. The number of nitrogens with zero attached hydrogens (tertiary/aromatic N) is 4. The van der Waals surface area contributed by atoms with Crippen molar-refractivity contribution >= 4 is 5.69 Å². The van der Waals surface area contributed by atoms with E-state index < -0.39 is 6.04 Å². The van der Waals surface area contributed by atoms with Gasteiger partial charge < -0.3 is 29.2 Å². The summed E-state index contributed by atoms with van der Waals surface area (Å²) in [5.41, 5.74) is 3.47. The Hall–Kier alpha value is -4.04. The van der Waals surface area contributed by atoms with E-state index in [1.165, 1.54) is 0 Å². The molecule has 1 fully saturated rings. The van der Waals surface area contributed by atoms with Gasteiger partial charge in [0.1, 0.15) is 35.9 Å². The number of rotatable bonds is 12. The molecule has 2 aromatic carbocycles. The summed E-state index contributed by atoms with van der Waals surface area (Å²) in [5.74, 6) is 1.83. The zero-order valence-electron chi connectivity index (χ0n) is 23.2. The summed E-state index contributed by atoms with van der Waals surface area (Å²) in [7, 11) is 1.72. The highest BCUT2D eigenvalue weighted by Gasteiger charge is 2.35. The first-order chi connectivity index (χ1) is 20.2. The van der Waals surface area contributed by atoms with Gasteiger partial charge in [-0.3, -0.25) is 0 Å². The average Bonchev–Trinajstić information content (AvgIpc) is 3.02. The fourth-order valence-corrected chi connectivity index (χ4v) is 5.53. The molecule has 2 aliphatic rings. The first kappa shape index (κ1) is 28.5. The van der Waals surface area contributed by atoms with Crippen molar-refractivity contribution in [2.24, 2.45) is 11.1 Å². The van der Waals surface area contributed by atoms with Gasteiger partial charge in [-0.1, -0.05) is 29.4 Å². The van der Waals surface area contributed by atoms with Crippen LogP contribution < -0.4 is 19.7 Å². The Balaban J connectivity index is 1.23. The molecule has 10 nitrogen and oxygen atoms in total. The molecule has 1 aromatic heterocycles. The SMILES string of the molecule is COCCCN1CCOc2ccc(COCC3CNC[C@@H](N=O)[C@@H]3c3ccc(Oc4cccc(C#N)n4)cc3)cc21. The molecule has 0 amide bonds. The third-order valence-electron chi connectivity index (χ3n) is 7.50. The van der Waals surface area contributed by atoms with Crippen molar-refractivity contribution in [3.63, 3.8) is 0 Å². The highest BCUT2D eigenvalue weighted by molar-refractivity contribution is 5.61. The lowest BCUT2D eigenvalue weighted by atomic mass is 9.78. The third-order valence-corrected chi connectivity index (χ3v) is 7.50. The van der Waals surface area contributed by atoms with Crippen LogP contribution >= 0.6 is 0 Å². The lowest BCUT2D eigenvalue weighted by Gasteiger charge is -2.35. The minimum atomic E-state index is -0.403. The number of pyridine rings is 1. The van der Waals surface area contributed by atoms with Crippen molar-refractivity contribution in [1.82, 2.24) is 10.3 Å². The van der Waals surface area contributed by atoms with Gasteiger partial charge in [0.25, 0.3) is 0 Å². The summed E-state index contributed by atoms with van der Waals surface area (Å²) >= 11 is 0. The Morgan fingerprint density at radius 2 is 2.05 bits per heavy atom. The molecule has 0 bridgehead atoms. The van der Waals surface area contributed by atoms with Crippen LogP contribution in [0.2, 0.25) is 0 Å². The second-order valence-electron chi connectivity index (χ2n) is 10.3. The first-order valence-corrected chi connectivity index (χ1v) is 13.9. The van der Waals surface area contributed by atoms with Crippen molar-refractivity contribution in [2.45, 2.75) is 25.0 Å². The molecule has 1 N–H and O–H groups in total. The van der Waals surface area contributed by atoms with Gasteiger partial charge in [0.15, 0.2) is 0 Å². The minimum Gasteiger partial charge on any atom is -0.490 e. The van der Waals surface area contributed by atoms with Crippen LogP contribution in [0.4, 0.5) is 5.69 Å². The minimum absolute atomic E-state index is 0.0682. The van der Waals surface area contributed by atoms with E-state index in [-0.39, 0.29) is 11.8 Å². The van der Waals surface area contributed by atoms with Crippen LogP contribution in [0.3, 0.4) is 0 Å². The molecule has 214 valence electrons. The standard InChI is InChI=1S/C31H35N5O5/c1-38-14-3-12-36-13-15-40-29-11-6-22(16-28(29)36)20-39-21-24-18-33-19-27(35-37)31(24)23-7-9-26(10-8-23)41-30-5-2-4-25(17-32)34-30/h2,4-11,16,24,27,31,33H,3,12-15,18-21H2,1H3/t24?,27-,31-/m1/s1. The molecular formula is C31H35N5O5. The van der Waals surface area contributed by atoms with Gasteiger partial charge in [0.2, 0.25) is 5.88 Å². The monoisotopic (exact) mass is 557 g/mol. The van der Waals surface area contributed by atoms with Crippen molar-refractivity contribution < 1.29 is 18.9 Å². The molecule has 0 radical (unpaired) electrons. The summed E-state index contributed by atoms with van der Waals surface area (Å²) in [6.45, 7) is 5.37. The number of ether oxygens (including phenoxy) is 4. The van der Waals surface area contributed by atoms with Crippen molar-refractivity contribution in [2.75, 3.05) is 58.0 Å². The number of methoxy groups -OCH3 is 1. The lowest BCUT2D eigenvalue weighted by molar-refractivity contribution is 0.0663. The molecule has 0 spiro atoms. The molecule has 3 heterocycles. The molecule has 3 aromatic rings. The Morgan fingerprint density at radius 1 is 1.17 bits per heavy atom. The molecule has 5 rings (SSSR count). The highest BCUT2D eigenvalue weighted by atomic mass is 16.5. The van der Waals surface area contributed by atoms with E-state index in [4.69, 9.17) is 24.2 Å². The lowest BCUT2D eigenvalue weighted by Crippen LogP contribution is -2.46. The van der Waals surface area contributed by atoms with E-state index in [2.05, 4.69) is 26.4 Å². The van der Waals surface area contributed by atoms with Crippen LogP contribution in [0.5, 0.6) is 17.4 Å². The van der Waals surface area contributed by atoms with Gasteiger partial charge in [-0.15, -0.1) is 0 Å². The van der Waals surface area contributed by atoms with Crippen molar-refractivity contribution in [3.05, 3.63) is 82.4 Å². The largest absolute Gasteiger partial charge is 0.490 e. The fraction of sp³-hybridized carbons (Fsp3) is 0.419. The molecule has 2 aliphatic heterocycles. The summed E-state index contributed by atoms with van der Waals surface area (Å²) in [6.07, 6.45) is 0.955. The molecule has 1 saturated heterocycles. The number of fused-ring (bicyclic) bond motifs is 1. The molecule has 41 heavy (non-hydrogen) atoms. The van der Waals surface area contributed by atoms with Crippen molar-refractivity contribution in [1.29, 1.82) is 5.26 Å². The summed E-state index contributed by atoms with van der Waals surface area (Å²) in [5, 5.41) is 15.9. The zero-order chi connectivity index (χ0) is 28.4. The van der Waals surface area contributed by atoms with E-state index >= 15 is 0 Å². The zero-order valence-corrected chi connectivity index (χ0v) is 23.2. The van der Waals surface area contributed by atoms with Gasteiger partial charge in [0.05, 0.1) is 25.4 Å². The van der Waals surface area contributed by atoms with E-state index in [0.29, 0.717) is 43.7 Å². The Bertz CT molecular complexity index is 1350. The van der Waals surface area contributed by atoms with Crippen molar-refractivity contribution in [3.8, 4) is 23.4 Å². The number of benzene rings is 2. The van der Waals surface area contributed by atoms with Crippen LogP contribution in [-0.2, 0) is 16.1 Å². The molecule has 1 unspecified atom stereocenters. The van der Waals surface area contributed by atoms with E-state index in [9.17, 15) is 4.91 Å². The Labute approximate surface area is 240 Å². The van der Waals surface area contributed by atoms with Gasteiger partial charge >= 0.3 is 0 Å². The second-order valence-corrected chi connectivity index (χ2v) is 10.3. The van der Waals surface area contributed by atoms with E-state index in [1.54, 1.807) is 25.3 Å². The Kier molecular flexibility index (Phi) is 9.75. The second kappa shape index (κ2) is 14.0. The highest BCUT2D eigenvalue weighted by Crippen LogP contribution is 2.35. The van der Waals surface area contributed by atoms with Crippen LogP contribution in [0.25, 0.3) is 0 Å². The smallest absolute Gasteiger partial charge is 0.220 e. The number of hydrogen-bond acceptors (Lipinski definition) is 10. The van der Waals surface area contributed by atoms with Crippen LogP contribution in [-0.4, -0.2) is 64.1 Å². The number of anilines is 1. The maximum absolute atomic E-state index is 11.8. The van der Waals surface area contributed by atoms with Crippen LogP contribution in [0, 0.1) is 22.2 Å². The molecule has 3 atom stereocenters. The predicted molar refractivity (Wildman–Crippen MR) is 154 cm³/mol. The van der Waals surface area contributed by atoms with Crippen LogP contribution in [0.1, 0.15) is 29.2 Å². The average molecular weight is 558 g/mol.